The van der Waals surface area contributed by atoms with Crippen molar-refractivity contribution in [3.63, 3.8) is 0 Å². The standard InChI is InChI=1S/C11H21NS/c1-8-6-9(2)11-10(7-8)12-4-3-5-13-11/h8-12H,3-7H2,1-2H3. The molecule has 76 valence electrons. The van der Waals surface area contributed by atoms with Gasteiger partial charge in [0, 0.05) is 11.3 Å². The maximum atomic E-state index is 3.72. The zero-order valence-electron chi connectivity index (χ0n) is 8.75. The number of rotatable bonds is 0. The third-order valence-corrected chi connectivity index (χ3v) is 5.13. The van der Waals surface area contributed by atoms with Crippen LogP contribution in [-0.2, 0) is 0 Å². The third kappa shape index (κ3) is 2.21. The monoisotopic (exact) mass is 199 g/mol. The minimum absolute atomic E-state index is 0.811. The number of fused-ring (bicyclic) bond motifs is 1. The lowest BCUT2D eigenvalue weighted by Gasteiger charge is -2.38. The van der Waals surface area contributed by atoms with Gasteiger partial charge in [0.05, 0.1) is 0 Å². The fourth-order valence-corrected chi connectivity index (χ4v) is 4.35. The molecule has 0 spiro atoms. The summed E-state index contributed by atoms with van der Waals surface area (Å²) in [6, 6.07) is 0.811. The number of hydrogen-bond donors (Lipinski definition) is 1. The first-order valence-electron chi connectivity index (χ1n) is 5.62. The molecule has 1 aliphatic heterocycles. The highest BCUT2D eigenvalue weighted by molar-refractivity contribution is 8.00. The summed E-state index contributed by atoms with van der Waals surface area (Å²) in [5.74, 6) is 3.22. The number of thioether (sulfide) groups is 1. The molecule has 2 aliphatic rings. The Kier molecular flexibility index (Phi) is 3.20. The Morgan fingerprint density at radius 3 is 2.92 bits per heavy atom. The second kappa shape index (κ2) is 4.22. The van der Waals surface area contributed by atoms with Gasteiger partial charge in [-0.15, -0.1) is 0 Å². The minimum Gasteiger partial charge on any atom is -0.313 e. The highest BCUT2D eigenvalue weighted by Gasteiger charge is 2.34. The average Bonchev–Trinajstić information content (AvgIpc) is 2.28. The SMILES string of the molecule is CC1CC(C)C2SCCCNC2C1. The molecule has 1 nitrogen and oxygen atoms in total. The van der Waals surface area contributed by atoms with Crippen molar-refractivity contribution in [2.45, 2.75) is 44.4 Å². The number of nitrogens with one attached hydrogen (secondary N) is 1. The van der Waals surface area contributed by atoms with Gasteiger partial charge in [-0.1, -0.05) is 13.8 Å². The van der Waals surface area contributed by atoms with Gasteiger partial charge >= 0.3 is 0 Å². The summed E-state index contributed by atoms with van der Waals surface area (Å²) >= 11 is 2.22. The molecule has 0 aromatic carbocycles. The quantitative estimate of drug-likeness (QED) is 0.643. The smallest absolute Gasteiger partial charge is 0.0226 e. The molecule has 1 N–H and O–H groups in total. The molecular formula is C11H21NS. The van der Waals surface area contributed by atoms with E-state index in [0.717, 1.165) is 23.1 Å². The molecule has 0 radical (unpaired) electrons. The lowest BCUT2D eigenvalue weighted by Crippen LogP contribution is -2.45. The van der Waals surface area contributed by atoms with Crippen molar-refractivity contribution in [1.82, 2.24) is 5.32 Å². The molecule has 13 heavy (non-hydrogen) atoms. The predicted octanol–water partition coefficient (Wildman–Crippen LogP) is 2.52. The van der Waals surface area contributed by atoms with E-state index in [0.29, 0.717) is 0 Å². The molecule has 4 atom stereocenters. The molecule has 2 fully saturated rings. The molecule has 2 rings (SSSR count). The van der Waals surface area contributed by atoms with Crippen LogP contribution >= 0.6 is 11.8 Å². The van der Waals surface area contributed by atoms with E-state index in [2.05, 4.69) is 30.9 Å². The Hall–Kier alpha value is 0.310. The maximum absolute atomic E-state index is 3.72. The Balaban J connectivity index is 2.03. The molecule has 4 unspecified atom stereocenters. The summed E-state index contributed by atoms with van der Waals surface area (Å²) in [7, 11) is 0. The van der Waals surface area contributed by atoms with E-state index < -0.39 is 0 Å². The van der Waals surface area contributed by atoms with Crippen molar-refractivity contribution in [1.29, 1.82) is 0 Å². The van der Waals surface area contributed by atoms with Crippen LogP contribution in [0.1, 0.15) is 33.1 Å². The van der Waals surface area contributed by atoms with Gasteiger partial charge in [-0.25, -0.2) is 0 Å². The van der Waals surface area contributed by atoms with E-state index in [1.807, 2.05) is 0 Å². The molecule has 1 aliphatic carbocycles. The van der Waals surface area contributed by atoms with Crippen LogP contribution < -0.4 is 5.32 Å². The second-order valence-electron chi connectivity index (χ2n) is 4.80. The zero-order valence-corrected chi connectivity index (χ0v) is 9.57. The highest BCUT2D eigenvalue weighted by Crippen LogP contribution is 2.37. The molecule has 0 bridgehead atoms. The lowest BCUT2D eigenvalue weighted by atomic mass is 9.80. The van der Waals surface area contributed by atoms with Crippen LogP contribution in [-0.4, -0.2) is 23.6 Å². The van der Waals surface area contributed by atoms with Gasteiger partial charge in [0.15, 0.2) is 0 Å². The van der Waals surface area contributed by atoms with Crippen molar-refractivity contribution in [2.24, 2.45) is 11.8 Å². The number of hydrogen-bond acceptors (Lipinski definition) is 2. The molecule has 1 saturated carbocycles. The first-order chi connectivity index (χ1) is 6.27. The molecule has 0 amide bonds. The van der Waals surface area contributed by atoms with Crippen LogP contribution in [0.25, 0.3) is 0 Å². The molecule has 0 aromatic rings. The molecule has 2 heteroatoms. The van der Waals surface area contributed by atoms with Crippen molar-refractivity contribution < 1.29 is 0 Å². The van der Waals surface area contributed by atoms with Crippen LogP contribution in [0.2, 0.25) is 0 Å². The van der Waals surface area contributed by atoms with Gasteiger partial charge in [-0.2, -0.15) is 11.8 Å². The zero-order chi connectivity index (χ0) is 9.26. The Bertz CT molecular complexity index is 171. The summed E-state index contributed by atoms with van der Waals surface area (Å²) in [6.07, 6.45) is 4.20. The third-order valence-electron chi connectivity index (χ3n) is 3.43. The largest absolute Gasteiger partial charge is 0.313 e. The maximum Gasteiger partial charge on any atom is 0.0226 e. The van der Waals surface area contributed by atoms with E-state index in [9.17, 15) is 0 Å². The van der Waals surface area contributed by atoms with Gasteiger partial charge in [-0.3, -0.25) is 0 Å². The Morgan fingerprint density at radius 2 is 2.08 bits per heavy atom. The van der Waals surface area contributed by atoms with Gasteiger partial charge < -0.3 is 5.32 Å². The predicted molar refractivity (Wildman–Crippen MR) is 60.2 cm³/mol. The highest BCUT2D eigenvalue weighted by atomic mass is 32.2. The van der Waals surface area contributed by atoms with Gasteiger partial charge in [0.1, 0.15) is 0 Å². The summed E-state index contributed by atoms with van der Waals surface area (Å²) in [5, 5.41) is 4.63. The van der Waals surface area contributed by atoms with E-state index >= 15 is 0 Å². The molecule has 1 saturated heterocycles. The Labute approximate surface area is 86.0 Å². The Morgan fingerprint density at radius 1 is 1.23 bits per heavy atom. The van der Waals surface area contributed by atoms with Crippen LogP contribution in [0, 0.1) is 11.8 Å². The molecule has 0 aromatic heterocycles. The minimum atomic E-state index is 0.811. The summed E-state index contributed by atoms with van der Waals surface area (Å²) < 4.78 is 0. The van der Waals surface area contributed by atoms with E-state index in [1.54, 1.807) is 0 Å². The van der Waals surface area contributed by atoms with Crippen LogP contribution in [0.3, 0.4) is 0 Å². The normalized spacial score (nSPS) is 46.6. The molecule has 1 heterocycles. The lowest BCUT2D eigenvalue weighted by molar-refractivity contribution is 0.252. The first kappa shape index (κ1) is 9.85. The average molecular weight is 199 g/mol. The second-order valence-corrected chi connectivity index (χ2v) is 6.09. The van der Waals surface area contributed by atoms with Gasteiger partial charge in [0.25, 0.3) is 0 Å². The van der Waals surface area contributed by atoms with Crippen LogP contribution in [0.15, 0.2) is 0 Å². The fourth-order valence-electron chi connectivity index (χ4n) is 2.89. The van der Waals surface area contributed by atoms with Crippen molar-refractivity contribution in [3.8, 4) is 0 Å². The topological polar surface area (TPSA) is 12.0 Å². The van der Waals surface area contributed by atoms with E-state index in [4.69, 9.17) is 0 Å². The van der Waals surface area contributed by atoms with Crippen molar-refractivity contribution in [3.05, 3.63) is 0 Å². The first-order valence-corrected chi connectivity index (χ1v) is 6.67. The van der Waals surface area contributed by atoms with E-state index in [1.165, 1.54) is 31.6 Å². The van der Waals surface area contributed by atoms with Crippen molar-refractivity contribution >= 4 is 11.8 Å². The van der Waals surface area contributed by atoms with Crippen LogP contribution in [0.4, 0.5) is 0 Å². The van der Waals surface area contributed by atoms with Gasteiger partial charge in [0.2, 0.25) is 0 Å². The summed E-state index contributed by atoms with van der Waals surface area (Å²) in [5.41, 5.74) is 0. The summed E-state index contributed by atoms with van der Waals surface area (Å²) in [6.45, 7) is 6.09. The van der Waals surface area contributed by atoms with Crippen LogP contribution in [0.5, 0.6) is 0 Å². The fraction of sp³-hybridized carbons (Fsp3) is 1.00. The van der Waals surface area contributed by atoms with Crippen molar-refractivity contribution in [2.75, 3.05) is 12.3 Å². The summed E-state index contributed by atoms with van der Waals surface area (Å²) in [4.78, 5) is 0. The molecular weight excluding hydrogens is 178 g/mol. The van der Waals surface area contributed by atoms with E-state index in [-0.39, 0.29) is 0 Å². The van der Waals surface area contributed by atoms with Gasteiger partial charge in [-0.05, 0) is 43.4 Å².